The maximum absolute atomic E-state index is 12.9. The molecule has 0 spiro atoms. The highest BCUT2D eigenvalue weighted by Gasteiger charge is 2.40. The van der Waals surface area contributed by atoms with Crippen LogP contribution in [-0.2, 0) is 12.6 Å². The number of rotatable bonds is 4. The van der Waals surface area contributed by atoms with E-state index in [2.05, 4.69) is 29.0 Å². The number of methoxy groups -OCH3 is 1. The summed E-state index contributed by atoms with van der Waals surface area (Å²) < 4.78 is 49.0. The third-order valence-corrected chi connectivity index (χ3v) is 5.06. The fourth-order valence-corrected chi connectivity index (χ4v) is 3.84. The maximum atomic E-state index is 12.9. The van der Waals surface area contributed by atoms with Gasteiger partial charge >= 0.3 is 18.1 Å². The van der Waals surface area contributed by atoms with Crippen molar-refractivity contribution in [2.45, 2.75) is 38.9 Å². The van der Waals surface area contributed by atoms with Crippen molar-refractivity contribution < 1.29 is 22.3 Å². The minimum absolute atomic E-state index is 0.0974. The summed E-state index contributed by atoms with van der Waals surface area (Å²) in [6, 6.07) is 5.55. The van der Waals surface area contributed by atoms with Crippen molar-refractivity contribution in [1.29, 1.82) is 0 Å². The lowest BCUT2D eigenvalue weighted by Crippen LogP contribution is -2.36. The highest BCUT2D eigenvalue weighted by atomic mass is 19.4. The van der Waals surface area contributed by atoms with Crippen LogP contribution in [-0.4, -0.2) is 28.8 Å². The number of aromatic nitrogens is 3. The van der Waals surface area contributed by atoms with Crippen LogP contribution in [0.3, 0.4) is 0 Å². The van der Waals surface area contributed by atoms with E-state index in [0.717, 1.165) is 34.3 Å². The molecule has 1 aliphatic rings. The minimum Gasteiger partial charge on any atom is -0.497 e. The van der Waals surface area contributed by atoms with E-state index in [-0.39, 0.29) is 12.1 Å². The average Bonchev–Trinajstić information content (AvgIpc) is 3.26. The second-order valence-corrected chi connectivity index (χ2v) is 7.41. The molecule has 0 bridgehead atoms. The SMILES string of the molecule is COc1ccc2[nH]c3c(c2c1)CCN(c1nnc(C(F)(F)F)o1)[C@H]3CC(C)C. The Hall–Kier alpha value is -2.71. The molecule has 1 N–H and O–H groups in total. The lowest BCUT2D eigenvalue weighted by Gasteiger charge is -2.35. The Labute approximate surface area is 159 Å². The minimum atomic E-state index is -4.66. The standard InChI is InChI=1S/C19H21F3N4O2/c1-10(2)8-15-16-12(13-9-11(27-3)4-5-14(13)23-16)6-7-26(15)18-25-24-17(28-18)19(20,21)22/h4-5,9-10,15,23H,6-8H2,1-3H3/t15-/m0/s1. The molecular formula is C19H21F3N4O2. The van der Waals surface area contributed by atoms with E-state index in [1.807, 2.05) is 18.2 Å². The summed E-state index contributed by atoms with van der Waals surface area (Å²) in [6.45, 7) is 4.65. The summed E-state index contributed by atoms with van der Waals surface area (Å²) in [4.78, 5) is 5.23. The molecule has 6 nitrogen and oxygen atoms in total. The van der Waals surface area contributed by atoms with Crippen LogP contribution in [0, 0.1) is 5.92 Å². The number of ether oxygens (including phenoxy) is 1. The van der Waals surface area contributed by atoms with E-state index < -0.39 is 12.1 Å². The van der Waals surface area contributed by atoms with Gasteiger partial charge in [0.15, 0.2) is 0 Å². The number of benzene rings is 1. The van der Waals surface area contributed by atoms with Gasteiger partial charge in [-0.3, -0.25) is 0 Å². The molecule has 0 saturated carbocycles. The van der Waals surface area contributed by atoms with Crippen LogP contribution in [0.15, 0.2) is 22.6 Å². The molecule has 0 amide bonds. The van der Waals surface area contributed by atoms with Crippen molar-refractivity contribution in [2.24, 2.45) is 5.92 Å². The van der Waals surface area contributed by atoms with Crippen LogP contribution in [0.1, 0.15) is 43.5 Å². The van der Waals surface area contributed by atoms with Crippen LogP contribution < -0.4 is 9.64 Å². The quantitative estimate of drug-likeness (QED) is 0.693. The second kappa shape index (κ2) is 6.72. The number of hydrogen-bond acceptors (Lipinski definition) is 5. The monoisotopic (exact) mass is 394 g/mol. The lowest BCUT2D eigenvalue weighted by atomic mass is 9.92. The number of aromatic amines is 1. The van der Waals surface area contributed by atoms with Crippen LogP contribution in [0.5, 0.6) is 5.75 Å². The largest absolute Gasteiger partial charge is 0.497 e. The van der Waals surface area contributed by atoms with Gasteiger partial charge in [-0.25, -0.2) is 0 Å². The zero-order valence-corrected chi connectivity index (χ0v) is 15.8. The van der Waals surface area contributed by atoms with E-state index in [9.17, 15) is 13.2 Å². The summed E-state index contributed by atoms with van der Waals surface area (Å²) >= 11 is 0. The first-order valence-corrected chi connectivity index (χ1v) is 9.13. The fourth-order valence-electron chi connectivity index (χ4n) is 3.84. The summed E-state index contributed by atoms with van der Waals surface area (Å²) in [5.74, 6) is -0.230. The van der Waals surface area contributed by atoms with E-state index in [4.69, 9.17) is 9.15 Å². The third kappa shape index (κ3) is 3.18. The molecule has 1 atom stereocenters. The number of H-pyrrole nitrogens is 1. The Bertz CT molecular complexity index is 993. The Morgan fingerprint density at radius 1 is 1.32 bits per heavy atom. The van der Waals surface area contributed by atoms with Gasteiger partial charge in [0.2, 0.25) is 0 Å². The van der Waals surface area contributed by atoms with Crippen molar-refractivity contribution in [2.75, 3.05) is 18.6 Å². The number of halogens is 3. The molecule has 0 fully saturated rings. The topological polar surface area (TPSA) is 67.2 Å². The van der Waals surface area contributed by atoms with Crippen LogP contribution in [0.4, 0.5) is 19.2 Å². The molecule has 0 unspecified atom stereocenters. The Kier molecular flexibility index (Phi) is 4.47. The Morgan fingerprint density at radius 2 is 2.11 bits per heavy atom. The zero-order chi connectivity index (χ0) is 20.1. The first kappa shape index (κ1) is 18.6. The first-order valence-electron chi connectivity index (χ1n) is 9.13. The zero-order valence-electron chi connectivity index (χ0n) is 15.8. The van der Waals surface area contributed by atoms with Crippen LogP contribution in [0.25, 0.3) is 10.9 Å². The predicted molar refractivity (Wildman–Crippen MR) is 97.4 cm³/mol. The number of hydrogen-bond donors (Lipinski definition) is 1. The van der Waals surface area contributed by atoms with Crippen LogP contribution in [0.2, 0.25) is 0 Å². The fraction of sp³-hybridized carbons (Fsp3) is 0.474. The molecule has 0 aliphatic carbocycles. The van der Waals surface area contributed by atoms with Crippen molar-refractivity contribution in [3.8, 4) is 5.75 Å². The number of nitrogens with zero attached hydrogens (tertiary/aromatic N) is 3. The summed E-state index contributed by atoms with van der Waals surface area (Å²) in [5, 5.41) is 7.93. The normalized spacial score (nSPS) is 17.4. The number of nitrogens with one attached hydrogen (secondary N) is 1. The predicted octanol–water partition coefficient (Wildman–Crippen LogP) is 4.73. The number of alkyl halides is 3. The van der Waals surface area contributed by atoms with Crippen molar-refractivity contribution in [1.82, 2.24) is 15.2 Å². The highest BCUT2D eigenvalue weighted by molar-refractivity contribution is 5.87. The van der Waals surface area contributed by atoms with Gasteiger partial charge in [-0.1, -0.05) is 18.9 Å². The van der Waals surface area contributed by atoms with Crippen molar-refractivity contribution in [3.63, 3.8) is 0 Å². The molecule has 1 aromatic carbocycles. The maximum Gasteiger partial charge on any atom is 0.470 e. The third-order valence-electron chi connectivity index (χ3n) is 5.06. The molecule has 28 heavy (non-hydrogen) atoms. The average molecular weight is 394 g/mol. The summed E-state index contributed by atoms with van der Waals surface area (Å²) in [7, 11) is 1.62. The number of anilines is 1. The van der Waals surface area contributed by atoms with E-state index in [1.54, 1.807) is 12.0 Å². The lowest BCUT2D eigenvalue weighted by molar-refractivity contribution is -0.157. The van der Waals surface area contributed by atoms with E-state index in [0.29, 0.717) is 18.9 Å². The smallest absolute Gasteiger partial charge is 0.470 e. The molecule has 4 rings (SSSR count). The van der Waals surface area contributed by atoms with Crippen molar-refractivity contribution >= 4 is 16.9 Å². The Morgan fingerprint density at radius 3 is 2.75 bits per heavy atom. The molecule has 150 valence electrons. The van der Waals surface area contributed by atoms with Gasteiger partial charge in [-0.15, -0.1) is 5.10 Å². The molecule has 9 heteroatoms. The number of fused-ring (bicyclic) bond motifs is 3. The summed E-state index contributed by atoms with van der Waals surface area (Å²) in [5.41, 5.74) is 3.12. The van der Waals surface area contributed by atoms with Gasteiger partial charge in [-0.2, -0.15) is 13.2 Å². The second-order valence-electron chi connectivity index (χ2n) is 7.41. The van der Waals surface area contributed by atoms with Crippen LogP contribution >= 0.6 is 0 Å². The summed E-state index contributed by atoms with van der Waals surface area (Å²) in [6.07, 6.45) is -3.26. The van der Waals surface area contributed by atoms with E-state index >= 15 is 0 Å². The molecule has 1 aliphatic heterocycles. The molecule has 2 aromatic heterocycles. The molecule has 0 saturated heterocycles. The van der Waals surface area contributed by atoms with Gasteiger partial charge in [-0.05, 0) is 42.5 Å². The molecular weight excluding hydrogens is 373 g/mol. The van der Waals surface area contributed by atoms with Gasteiger partial charge in [0, 0.05) is 23.1 Å². The highest BCUT2D eigenvalue weighted by Crippen LogP contribution is 2.41. The van der Waals surface area contributed by atoms with Gasteiger partial charge in [0.05, 0.1) is 13.2 Å². The van der Waals surface area contributed by atoms with Gasteiger partial charge in [0.1, 0.15) is 5.75 Å². The van der Waals surface area contributed by atoms with E-state index in [1.165, 1.54) is 0 Å². The van der Waals surface area contributed by atoms with Gasteiger partial charge < -0.3 is 19.0 Å². The Balaban J connectivity index is 1.78. The molecule has 0 radical (unpaired) electrons. The molecule has 3 heterocycles. The van der Waals surface area contributed by atoms with Crippen molar-refractivity contribution in [3.05, 3.63) is 35.3 Å². The molecule has 3 aromatic rings. The van der Waals surface area contributed by atoms with Gasteiger partial charge in [0.25, 0.3) is 0 Å². The first-order chi connectivity index (χ1) is 13.3.